The zero-order chi connectivity index (χ0) is 18.8. The van der Waals surface area contributed by atoms with Crippen LogP contribution in [0.15, 0.2) is 18.2 Å². The van der Waals surface area contributed by atoms with Crippen LogP contribution in [-0.4, -0.2) is 56.4 Å². The van der Waals surface area contributed by atoms with E-state index in [1.54, 1.807) is 0 Å². The van der Waals surface area contributed by atoms with Crippen LogP contribution in [0.1, 0.15) is 37.5 Å². The number of hydrogen-bond donors (Lipinski definition) is 0. The van der Waals surface area contributed by atoms with Crippen LogP contribution in [0.5, 0.6) is 0 Å². The normalized spacial score (nSPS) is 33.9. The van der Waals surface area contributed by atoms with Crippen LogP contribution in [0.2, 0.25) is 0 Å². The molecule has 0 bridgehead atoms. The van der Waals surface area contributed by atoms with E-state index < -0.39 is 0 Å². The van der Waals surface area contributed by atoms with Gasteiger partial charge in [-0.2, -0.15) is 0 Å². The predicted molar refractivity (Wildman–Crippen MR) is 98.4 cm³/mol. The number of benzene rings is 1. The van der Waals surface area contributed by atoms with E-state index in [4.69, 9.17) is 28.4 Å². The molecule has 3 saturated heterocycles. The van der Waals surface area contributed by atoms with E-state index in [9.17, 15) is 0 Å². The third-order valence-electron chi connectivity index (χ3n) is 5.27. The smallest absolute Gasteiger partial charge is 0.107 e. The second kappa shape index (κ2) is 8.55. The molecule has 150 valence electrons. The molecule has 6 heteroatoms. The molecule has 3 heterocycles. The van der Waals surface area contributed by atoms with Crippen LogP contribution < -0.4 is 0 Å². The molecule has 27 heavy (non-hydrogen) atoms. The van der Waals surface area contributed by atoms with Gasteiger partial charge in [0.1, 0.15) is 18.3 Å². The summed E-state index contributed by atoms with van der Waals surface area (Å²) in [5.74, 6) is 0. The van der Waals surface area contributed by atoms with Crippen molar-refractivity contribution in [2.45, 2.75) is 77.2 Å². The fourth-order valence-electron chi connectivity index (χ4n) is 3.18. The van der Waals surface area contributed by atoms with Gasteiger partial charge in [0.25, 0.3) is 0 Å². The Bertz CT molecular complexity index is 537. The van der Waals surface area contributed by atoms with Crippen LogP contribution in [0.3, 0.4) is 0 Å². The lowest BCUT2D eigenvalue weighted by Gasteiger charge is -2.11. The van der Waals surface area contributed by atoms with Crippen LogP contribution >= 0.6 is 0 Å². The monoisotopic (exact) mass is 378 g/mol. The van der Waals surface area contributed by atoms with Crippen LogP contribution in [0.4, 0.5) is 0 Å². The second-order valence-electron chi connectivity index (χ2n) is 7.84. The van der Waals surface area contributed by atoms with Gasteiger partial charge in [-0.05, 0) is 37.5 Å². The zero-order valence-corrected chi connectivity index (χ0v) is 16.4. The molecule has 3 fully saturated rings. The SMILES string of the molecule is CC1OC1COCc1cc(COCC2OC2C)cc(COCC2OC2C)c1. The standard InChI is InChI=1S/C21H30O6/c1-13-19(25-13)10-22-7-16-4-17(8-23-11-20-14(2)26-20)6-18(5-16)9-24-12-21-15(3)27-21/h4-6,13-15,19-21H,7-12H2,1-3H3. The van der Waals surface area contributed by atoms with Gasteiger partial charge in [0.05, 0.1) is 58.0 Å². The fraction of sp³-hybridized carbons (Fsp3) is 0.714. The van der Waals surface area contributed by atoms with Crippen molar-refractivity contribution < 1.29 is 28.4 Å². The van der Waals surface area contributed by atoms with Crippen molar-refractivity contribution >= 4 is 0 Å². The van der Waals surface area contributed by atoms with Crippen molar-refractivity contribution in [3.05, 3.63) is 34.9 Å². The molecule has 0 spiro atoms. The summed E-state index contributed by atoms with van der Waals surface area (Å²) in [7, 11) is 0. The van der Waals surface area contributed by atoms with E-state index in [-0.39, 0.29) is 18.3 Å². The molecule has 6 unspecified atom stereocenters. The second-order valence-corrected chi connectivity index (χ2v) is 7.84. The van der Waals surface area contributed by atoms with Crippen molar-refractivity contribution in [3.63, 3.8) is 0 Å². The molecule has 0 N–H and O–H groups in total. The topological polar surface area (TPSA) is 65.3 Å². The van der Waals surface area contributed by atoms with Crippen LogP contribution in [0, 0.1) is 0 Å². The average Bonchev–Trinajstić information content (AvgIpc) is 3.57. The Labute approximate surface area is 161 Å². The molecule has 0 aliphatic carbocycles. The maximum absolute atomic E-state index is 5.81. The van der Waals surface area contributed by atoms with Gasteiger partial charge in [-0.15, -0.1) is 0 Å². The largest absolute Gasteiger partial charge is 0.374 e. The first-order valence-corrected chi connectivity index (χ1v) is 9.90. The predicted octanol–water partition coefficient (Wildman–Crippen LogP) is 2.60. The maximum atomic E-state index is 5.81. The maximum Gasteiger partial charge on any atom is 0.107 e. The van der Waals surface area contributed by atoms with Gasteiger partial charge in [-0.3, -0.25) is 0 Å². The summed E-state index contributed by atoms with van der Waals surface area (Å²) < 4.78 is 33.6. The van der Waals surface area contributed by atoms with Gasteiger partial charge >= 0.3 is 0 Å². The Morgan fingerprint density at radius 1 is 0.593 bits per heavy atom. The fourth-order valence-corrected chi connectivity index (χ4v) is 3.18. The number of ether oxygens (including phenoxy) is 6. The molecule has 4 rings (SSSR count). The average molecular weight is 378 g/mol. The van der Waals surface area contributed by atoms with Crippen molar-refractivity contribution in [1.82, 2.24) is 0 Å². The van der Waals surface area contributed by atoms with E-state index in [0.717, 1.165) is 16.7 Å². The van der Waals surface area contributed by atoms with Crippen molar-refractivity contribution in [3.8, 4) is 0 Å². The van der Waals surface area contributed by atoms with Gasteiger partial charge in [-0.1, -0.05) is 18.2 Å². The first-order valence-electron chi connectivity index (χ1n) is 9.90. The Balaban J connectivity index is 1.29. The summed E-state index contributed by atoms with van der Waals surface area (Å²) >= 11 is 0. The Morgan fingerprint density at radius 2 is 0.852 bits per heavy atom. The van der Waals surface area contributed by atoms with Crippen LogP contribution in [-0.2, 0) is 48.2 Å². The lowest BCUT2D eigenvalue weighted by atomic mass is 10.1. The van der Waals surface area contributed by atoms with E-state index in [1.807, 2.05) is 0 Å². The van der Waals surface area contributed by atoms with Gasteiger partial charge in [-0.25, -0.2) is 0 Å². The summed E-state index contributed by atoms with van der Waals surface area (Å²) in [4.78, 5) is 0. The highest BCUT2D eigenvalue weighted by Gasteiger charge is 2.35. The molecular weight excluding hydrogens is 348 g/mol. The minimum absolute atomic E-state index is 0.250. The van der Waals surface area contributed by atoms with Crippen molar-refractivity contribution in [1.29, 1.82) is 0 Å². The first kappa shape index (κ1) is 19.3. The summed E-state index contributed by atoms with van der Waals surface area (Å²) in [6.45, 7) is 9.82. The molecule has 6 atom stereocenters. The molecule has 1 aromatic rings. The highest BCUT2D eigenvalue weighted by atomic mass is 16.6. The number of rotatable bonds is 12. The highest BCUT2D eigenvalue weighted by molar-refractivity contribution is 5.29. The molecule has 0 saturated carbocycles. The van der Waals surface area contributed by atoms with Crippen molar-refractivity contribution in [2.75, 3.05) is 19.8 Å². The zero-order valence-electron chi connectivity index (χ0n) is 16.4. The van der Waals surface area contributed by atoms with Gasteiger partial charge in [0, 0.05) is 0 Å². The molecule has 6 nitrogen and oxygen atoms in total. The lowest BCUT2D eigenvalue weighted by Crippen LogP contribution is -2.07. The third-order valence-corrected chi connectivity index (χ3v) is 5.27. The molecule has 3 aliphatic heterocycles. The highest BCUT2D eigenvalue weighted by Crippen LogP contribution is 2.24. The van der Waals surface area contributed by atoms with E-state index in [0.29, 0.717) is 58.0 Å². The van der Waals surface area contributed by atoms with E-state index >= 15 is 0 Å². The van der Waals surface area contributed by atoms with Gasteiger partial charge in [0.2, 0.25) is 0 Å². The summed E-state index contributed by atoms with van der Waals surface area (Å²) in [6, 6.07) is 6.43. The summed E-state index contributed by atoms with van der Waals surface area (Å²) in [5.41, 5.74) is 3.40. The Morgan fingerprint density at radius 3 is 1.07 bits per heavy atom. The lowest BCUT2D eigenvalue weighted by molar-refractivity contribution is 0.0970. The molecule has 3 aliphatic rings. The minimum Gasteiger partial charge on any atom is -0.374 e. The first-order chi connectivity index (χ1) is 13.1. The Hall–Kier alpha value is -1.02. The molecule has 1 aromatic carbocycles. The quantitative estimate of drug-likeness (QED) is 0.521. The summed E-state index contributed by atoms with van der Waals surface area (Å²) in [6.07, 6.45) is 1.73. The van der Waals surface area contributed by atoms with Gasteiger partial charge < -0.3 is 28.4 Å². The minimum atomic E-state index is 0.250. The molecule has 0 radical (unpaired) electrons. The van der Waals surface area contributed by atoms with Crippen LogP contribution in [0.25, 0.3) is 0 Å². The number of hydrogen-bond acceptors (Lipinski definition) is 6. The van der Waals surface area contributed by atoms with Gasteiger partial charge in [0.15, 0.2) is 0 Å². The molecule has 0 aromatic heterocycles. The van der Waals surface area contributed by atoms with Crippen molar-refractivity contribution in [2.24, 2.45) is 0 Å². The molecule has 0 amide bonds. The van der Waals surface area contributed by atoms with E-state index in [2.05, 4.69) is 39.0 Å². The summed E-state index contributed by atoms with van der Waals surface area (Å²) in [5, 5.41) is 0. The number of epoxide rings is 3. The third kappa shape index (κ3) is 5.98. The Kier molecular flexibility index (Phi) is 6.12. The molecular formula is C21H30O6. The van der Waals surface area contributed by atoms with E-state index in [1.165, 1.54) is 0 Å².